The number of aryl methyl sites for hydroxylation is 2. The third-order valence-corrected chi connectivity index (χ3v) is 6.78. The summed E-state index contributed by atoms with van der Waals surface area (Å²) in [6.07, 6.45) is 3.39. The third-order valence-electron chi connectivity index (χ3n) is 5.86. The van der Waals surface area contributed by atoms with Crippen molar-refractivity contribution in [2.45, 2.75) is 51.2 Å². The summed E-state index contributed by atoms with van der Waals surface area (Å²) < 4.78 is 2.07. The Balaban J connectivity index is 1.65. The predicted octanol–water partition coefficient (Wildman–Crippen LogP) is 5.04. The molecule has 4 rings (SSSR count). The van der Waals surface area contributed by atoms with Gasteiger partial charge in [0.1, 0.15) is 0 Å². The molecule has 1 fully saturated rings. The standard InChI is InChI=1S/C24H28N4OS/c1-17-12-13-21(15-18(17)2)28-23(20-10-5-4-6-11-20)25-26-24(28)30-16-22(29)27-14-8-7-9-19(27)3/h4-6,10-13,15,19H,7-9,14,16H2,1-3H3/t19-/m1/s1. The van der Waals surface area contributed by atoms with Crippen LogP contribution in [0.1, 0.15) is 37.3 Å². The molecule has 0 bridgehead atoms. The first-order chi connectivity index (χ1) is 14.5. The molecule has 5 nitrogen and oxygen atoms in total. The van der Waals surface area contributed by atoms with Gasteiger partial charge in [-0.05, 0) is 63.3 Å². The number of carbonyl (C=O) groups is 1. The Morgan fingerprint density at radius 1 is 1.07 bits per heavy atom. The van der Waals surface area contributed by atoms with E-state index in [1.165, 1.54) is 29.3 Å². The summed E-state index contributed by atoms with van der Waals surface area (Å²) in [5.41, 5.74) is 4.49. The van der Waals surface area contributed by atoms with Crippen molar-refractivity contribution in [1.29, 1.82) is 0 Å². The van der Waals surface area contributed by atoms with Crippen LogP contribution in [-0.4, -0.2) is 43.9 Å². The van der Waals surface area contributed by atoms with E-state index < -0.39 is 0 Å². The molecular formula is C24H28N4OS. The molecule has 1 aliphatic heterocycles. The molecule has 1 amide bonds. The van der Waals surface area contributed by atoms with Gasteiger partial charge >= 0.3 is 0 Å². The van der Waals surface area contributed by atoms with E-state index in [9.17, 15) is 4.79 Å². The highest BCUT2D eigenvalue weighted by Crippen LogP contribution is 2.29. The van der Waals surface area contributed by atoms with E-state index in [-0.39, 0.29) is 5.91 Å². The van der Waals surface area contributed by atoms with Crippen LogP contribution in [0.5, 0.6) is 0 Å². The lowest BCUT2D eigenvalue weighted by atomic mass is 10.0. The number of rotatable bonds is 5. The topological polar surface area (TPSA) is 51.0 Å². The Hall–Kier alpha value is -2.60. The first-order valence-corrected chi connectivity index (χ1v) is 11.5. The normalized spacial score (nSPS) is 16.6. The summed E-state index contributed by atoms with van der Waals surface area (Å²) in [4.78, 5) is 14.9. The molecule has 0 N–H and O–H groups in total. The van der Waals surface area contributed by atoms with E-state index in [1.807, 2.05) is 35.2 Å². The maximum Gasteiger partial charge on any atom is 0.233 e. The summed E-state index contributed by atoms with van der Waals surface area (Å²) in [7, 11) is 0. The largest absolute Gasteiger partial charge is 0.339 e. The van der Waals surface area contributed by atoms with Crippen LogP contribution in [0.4, 0.5) is 0 Å². The molecule has 2 aromatic carbocycles. The van der Waals surface area contributed by atoms with Crippen LogP contribution < -0.4 is 0 Å². The van der Waals surface area contributed by atoms with Crippen LogP contribution in [-0.2, 0) is 4.79 Å². The zero-order valence-corrected chi connectivity index (χ0v) is 18.7. The van der Waals surface area contributed by atoms with Crippen LogP contribution in [0.3, 0.4) is 0 Å². The number of benzene rings is 2. The second-order valence-corrected chi connectivity index (χ2v) is 8.94. The SMILES string of the molecule is Cc1ccc(-n2c(SCC(=O)N3CCCC[C@H]3C)nnc2-c2ccccc2)cc1C. The number of hydrogen-bond donors (Lipinski definition) is 0. The summed E-state index contributed by atoms with van der Waals surface area (Å²) >= 11 is 1.47. The average Bonchev–Trinajstić information content (AvgIpc) is 3.19. The maximum atomic E-state index is 12.9. The van der Waals surface area contributed by atoms with E-state index in [0.29, 0.717) is 11.8 Å². The number of aromatic nitrogens is 3. The molecule has 1 atom stereocenters. The van der Waals surface area contributed by atoms with E-state index in [1.54, 1.807) is 0 Å². The van der Waals surface area contributed by atoms with Gasteiger partial charge in [0, 0.05) is 18.2 Å². The maximum absolute atomic E-state index is 12.9. The van der Waals surface area contributed by atoms with Gasteiger partial charge < -0.3 is 4.90 Å². The lowest BCUT2D eigenvalue weighted by Crippen LogP contribution is -2.42. The first-order valence-electron chi connectivity index (χ1n) is 10.6. The number of carbonyl (C=O) groups excluding carboxylic acids is 1. The van der Waals surface area contributed by atoms with Gasteiger partial charge in [0.05, 0.1) is 11.4 Å². The molecule has 0 spiro atoms. The number of nitrogens with zero attached hydrogens (tertiary/aromatic N) is 4. The summed E-state index contributed by atoms with van der Waals surface area (Å²) in [6.45, 7) is 7.23. The molecule has 0 unspecified atom stereocenters. The minimum atomic E-state index is 0.183. The van der Waals surface area contributed by atoms with Gasteiger partial charge in [0.2, 0.25) is 5.91 Å². The number of amides is 1. The second kappa shape index (κ2) is 9.04. The van der Waals surface area contributed by atoms with Gasteiger partial charge in [-0.1, -0.05) is 48.2 Å². The molecule has 3 aromatic rings. The van der Waals surface area contributed by atoms with Crippen molar-refractivity contribution in [3.63, 3.8) is 0 Å². The smallest absolute Gasteiger partial charge is 0.233 e. The van der Waals surface area contributed by atoms with Crippen LogP contribution in [0.2, 0.25) is 0 Å². The van der Waals surface area contributed by atoms with E-state index >= 15 is 0 Å². The van der Waals surface area contributed by atoms with Crippen molar-refractivity contribution >= 4 is 17.7 Å². The minimum absolute atomic E-state index is 0.183. The summed E-state index contributed by atoms with van der Waals surface area (Å²) in [5.74, 6) is 1.35. The minimum Gasteiger partial charge on any atom is -0.339 e. The highest BCUT2D eigenvalue weighted by atomic mass is 32.2. The molecular weight excluding hydrogens is 392 g/mol. The van der Waals surface area contributed by atoms with Crippen LogP contribution >= 0.6 is 11.8 Å². The molecule has 6 heteroatoms. The Bertz CT molecular complexity index is 1030. The molecule has 1 aliphatic rings. The average molecular weight is 421 g/mol. The fourth-order valence-electron chi connectivity index (χ4n) is 3.91. The van der Waals surface area contributed by atoms with Crippen LogP contribution in [0.25, 0.3) is 17.1 Å². The van der Waals surface area contributed by atoms with E-state index in [2.05, 4.69) is 53.7 Å². The van der Waals surface area contributed by atoms with Gasteiger partial charge in [0.15, 0.2) is 11.0 Å². The monoisotopic (exact) mass is 420 g/mol. The molecule has 0 saturated carbocycles. The van der Waals surface area contributed by atoms with Gasteiger partial charge in [-0.15, -0.1) is 10.2 Å². The van der Waals surface area contributed by atoms with Crippen molar-refractivity contribution in [2.75, 3.05) is 12.3 Å². The quantitative estimate of drug-likeness (QED) is 0.542. The first kappa shape index (κ1) is 20.7. The predicted molar refractivity (Wildman–Crippen MR) is 122 cm³/mol. The summed E-state index contributed by atoms with van der Waals surface area (Å²) in [5, 5.41) is 9.70. The lowest BCUT2D eigenvalue weighted by Gasteiger charge is -2.33. The molecule has 1 saturated heterocycles. The third kappa shape index (κ3) is 4.29. The van der Waals surface area contributed by atoms with E-state index in [4.69, 9.17) is 0 Å². The molecule has 0 aliphatic carbocycles. The van der Waals surface area contributed by atoms with E-state index in [0.717, 1.165) is 41.6 Å². The highest BCUT2D eigenvalue weighted by molar-refractivity contribution is 7.99. The zero-order chi connectivity index (χ0) is 21.1. The Labute approximate surface area is 182 Å². The number of hydrogen-bond acceptors (Lipinski definition) is 4. The Kier molecular flexibility index (Phi) is 6.23. The van der Waals surface area contributed by atoms with Gasteiger partial charge in [-0.3, -0.25) is 9.36 Å². The Morgan fingerprint density at radius 3 is 2.60 bits per heavy atom. The van der Waals surface area contributed by atoms with Crippen molar-refractivity contribution in [2.24, 2.45) is 0 Å². The van der Waals surface area contributed by atoms with Crippen LogP contribution in [0, 0.1) is 13.8 Å². The molecule has 156 valence electrons. The molecule has 30 heavy (non-hydrogen) atoms. The zero-order valence-electron chi connectivity index (χ0n) is 17.8. The van der Waals surface area contributed by atoms with Gasteiger partial charge in [-0.25, -0.2) is 0 Å². The van der Waals surface area contributed by atoms with Crippen molar-refractivity contribution in [3.8, 4) is 17.1 Å². The molecule has 2 heterocycles. The number of likely N-dealkylation sites (tertiary alicyclic amines) is 1. The van der Waals surface area contributed by atoms with Gasteiger partial charge in [0.25, 0.3) is 0 Å². The van der Waals surface area contributed by atoms with Crippen molar-refractivity contribution in [1.82, 2.24) is 19.7 Å². The highest BCUT2D eigenvalue weighted by Gasteiger charge is 2.24. The van der Waals surface area contributed by atoms with Crippen molar-refractivity contribution in [3.05, 3.63) is 59.7 Å². The number of piperidine rings is 1. The molecule has 1 aromatic heterocycles. The summed E-state index contributed by atoms with van der Waals surface area (Å²) in [6, 6.07) is 16.8. The number of thioether (sulfide) groups is 1. The fourth-order valence-corrected chi connectivity index (χ4v) is 4.75. The van der Waals surface area contributed by atoms with Gasteiger partial charge in [-0.2, -0.15) is 0 Å². The fraction of sp³-hybridized carbons (Fsp3) is 0.375. The Morgan fingerprint density at radius 2 is 1.87 bits per heavy atom. The molecule has 0 radical (unpaired) electrons. The lowest BCUT2D eigenvalue weighted by molar-refractivity contribution is -0.131. The second-order valence-electron chi connectivity index (χ2n) is 8.00. The van der Waals surface area contributed by atoms with Crippen molar-refractivity contribution < 1.29 is 4.79 Å². The van der Waals surface area contributed by atoms with Crippen LogP contribution in [0.15, 0.2) is 53.7 Å².